The number of anilines is 1. The van der Waals surface area contributed by atoms with Crippen molar-refractivity contribution < 1.29 is 19.1 Å². The first kappa shape index (κ1) is 21.0. The lowest BCUT2D eigenvalue weighted by molar-refractivity contribution is 0.0531. The van der Waals surface area contributed by atoms with E-state index in [1.807, 2.05) is 19.2 Å². The van der Waals surface area contributed by atoms with Crippen molar-refractivity contribution >= 4 is 28.3 Å². The number of aromatic nitrogens is 3. The Morgan fingerprint density at radius 1 is 1.29 bits per heavy atom. The summed E-state index contributed by atoms with van der Waals surface area (Å²) >= 11 is 1.20. The number of carbonyl (C=O) groups excluding carboxylic acids is 2. The van der Waals surface area contributed by atoms with Gasteiger partial charge in [-0.2, -0.15) is 5.10 Å². The minimum atomic E-state index is -0.408. The predicted octanol–water partition coefficient (Wildman–Crippen LogP) is 3.85. The van der Waals surface area contributed by atoms with Crippen LogP contribution in [-0.4, -0.2) is 46.4 Å². The molecule has 0 spiro atoms. The number of nitrogens with zero attached hydrogens (tertiary/aromatic N) is 4. The van der Waals surface area contributed by atoms with E-state index in [0.717, 1.165) is 24.1 Å². The maximum absolute atomic E-state index is 13.6. The van der Waals surface area contributed by atoms with Gasteiger partial charge in [0.2, 0.25) is 0 Å². The topological polar surface area (TPSA) is 86.5 Å². The fraction of sp³-hybridized carbons (Fsp3) is 0.364. The van der Waals surface area contributed by atoms with Crippen LogP contribution in [0.15, 0.2) is 30.5 Å². The van der Waals surface area contributed by atoms with Gasteiger partial charge in [-0.15, -0.1) is 0 Å². The van der Waals surface area contributed by atoms with Crippen molar-refractivity contribution in [2.24, 2.45) is 7.05 Å². The molecule has 0 unspecified atom stereocenters. The van der Waals surface area contributed by atoms with E-state index < -0.39 is 5.97 Å². The van der Waals surface area contributed by atoms with E-state index in [1.165, 1.54) is 11.3 Å². The highest BCUT2D eigenvalue weighted by atomic mass is 32.1. The maximum Gasteiger partial charge on any atom is 0.350 e. The fourth-order valence-corrected chi connectivity index (χ4v) is 4.46. The van der Waals surface area contributed by atoms with Crippen LogP contribution in [0.2, 0.25) is 0 Å². The third-order valence-corrected chi connectivity index (χ3v) is 6.26. The lowest BCUT2D eigenvalue weighted by Gasteiger charge is -2.20. The molecule has 9 heteroatoms. The summed E-state index contributed by atoms with van der Waals surface area (Å²) in [5.41, 5.74) is 2.72. The van der Waals surface area contributed by atoms with Gasteiger partial charge >= 0.3 is 5.97 Å². The minimum Gasteiger partial charge on any atom is -0.496 e. The zero-order chi connectivity index (χ0) is 22.1. The van der Waals surface area contributed by atoms with E-state index in [2.05, 4.69) is 10.1 Å². The molecule has 162 valence electrons. The molecule has 8 nitrogen and oxygen atoms in total. The zero-order valence-corrected chi connectivity index (χ0v) is 18.7. The average Bonchev–Trinajstić information content (AvgIpc) is 3.38. The molecule has 4 rings (SSSR count). The average molecular weight is 441 g/mol. The number of amides is 1. The number of benzene rings is 1. The summed E-state index contributed by atoms with van der Waals surface area (Å²) in [5, 5.41) is 4.74. The van der Waals surface area contributed by atoms with Crippen molar-refractivity contribution in [3.05, 3.63) is 46.6 Å². The van der Waals surface area contributed by atoms with Crippen LogP contribution in [-0.2, 0) is 11.8 Å². The third kappa shape index (κ3) is 4.05. The molecule has 0 radical (unpaired) electrons. The van der Waals surface area contributed by atoms with Crippen LogP contribution in [0.25, 0.3) is 11.3 Å². The Bertz CT molecular complexity index is 1130. The molecule has 1 aliphatic rings. The number of methoxy groups -OCH3 is 1. The van der Waals surface area contributed by atoms with Gasteiger partial charge in [0.05, 0.1) is 25.1 Å². The summed E-state index contributed by atoms with van der Waals surface area (Å²) in [7, 11) is 3.44. The molecule has 0 bridgehead atoms. The number of rotatable bonds is 7. The summed E-state index contributed by atoms with van der Waals surface area (Å²) in [5.74, 6) is 0.0976. The number of carbonyl (C=O) groups is 2. The molecular weight excluding hydrogens is 416 g/mol. The Labute approximate surface area is 184 Å². The molecule has 1 amide bonds. The van der Waals surface area contributed by atoms with Crippen molar-refractivity contribution in [2.45, 2.75) is 32.7 Å². The van der Waals surface area contributed by atoms with Crippen LogP contribution in [0.5, 0.6) is 5.75 Å². The van der Waals surface area contributed by atoms with Gasteiger partial charge in [-0.25, -0.2) is 9.78 Å². The van der Waals surface area contributed by atoms with E-state index in [0.29, 0.717) is 33.6 Å². The van der Waals surface area contributed by atoms with E-state index in [4.69, 9.17) is 9.47 Å². The van der Waals surface area contributed by atoms with Gasteiger partial charge in [-0.1, -0.05) is 11.3 Å². The van der Waals surface area contributed by atoms with Gasteiger partial charge in [0.1, 0.15) is 10.6 Å². The SMILES string of the molecule is CCOC(=O)c1sc(N(C(=O)c2ccc(OC)c(-c3ccnn3C)c2)C2CC2)nc1C. The fourth-order valence-electron chi connectivity index (χ4n) is 3.43. The first-order chi connectivity index (χ1) is 14.9. The number of esters is 1. The number of hydrogen-bond acceptors (Lipinski definition) is 7. The summed E-state index contributed by atoms with van der Waals surface area (Å²) in [6.07, 6.45) is 3.52. The van der Waals surface area contributed by atoms with Crippen LogP contribution in [0, 0.1) is 6.92 Å². The number of hydrogen-bond donors (Lipinski definition) is 0. The van der Waals surface area contributed by atoms with Crippen molar-refractivity contribution in [2.75, 3.05) is 18.6 Å². The van der Waals surface area contributed by atoms with Gasteiger partial charge in [-0.05, 0) is 51.0 Å². The van der Waals surface area contributed by atoms with Crippen LogP contribution in [0.3, 0.4) is 0 Å². The standard InChI is InChI=1S/C22H24N4O4S/c1-5-30-21(28)19-13(2)24-22(31-19)26(15-7-8-15)20(27)14-6-9-18(29-4)16(12-14)17-10-11-23-25(17)3/h6,9-12,15H,5,7-8H2,1-4H3. The second-order valence-corrected chi connectivity index (χ2v) is 8.27. The Hall–Kier alpha value is -3.20. The highest BCUT2D eigenvalue weighted by Crippen LogP contribution is 2.38. The Balaban J connectivity index is 1.71. The molecule has 3 aromatic rings. The zero-order valence-electron chi connectivity index (χ0n) is 17.9. The molecule has 31 heavy (non-hydrogen) atoms. The van der Waals surface area contributed by atoms with E-state index in [-0.39, 0.29) is 11.9 Å². The lowest BCUT2D eigenvalue weighted by atomic mass is 10.1. The quantitative estimate of drug-likeness (QED) is 0.519. The van der Waals surface area contributed by atoms with Gasteiger partial charge in [-0.3, -0.25) is 14.4 Å². The highest BCUT2D eigenvalue weighted by Gasteiger charge is 2.37. The second-order valence-electron chi connectivity index (χ2n) is 7.29. The van der Waals surface area contributed by atoms with Crippen molar-refractivity contribution in [1.29, 1.82) is 0 Å². The predicted molar refractivity (Wildman–Crippen MR) is 118 cm³/mol. The van der Waals surface area contributed by atoms with Gasteiger partial charge in [0.25, 0.3) is 5.91 Å². The molecule has 1 fully saturated rings. The molecule has 1 aromatic carbocycles. The molecule has 0 aliphatic heterocycles. The summed E-state index contributed by atoms with van der Waals surface area (Å²) in [4.78, 5) is 32.5. The smallest absolute Gasteiger partial charge is 0.350 e. The summed E-state index contributed by atoms with van der Waals surface area (Å²) in [6.45, 7) is 3.81. The van der Waals surface area contributed by atoms with Crippen molar-refractivity contribution in [1.82, 2.24) is 14.8 Å². The molecule has 0 N–H and O–H groups in total. The largest absolute Gasteiger partial charge is 0.496 e. The van der Waals surface area contributed by atoms with Crippen LogP contribution in [0.1, 0.15) is 45.5 Å². The molecular formula is C22H24N4O4S. The minimum absolute atomic E-state index is 0.0790. The number of thiazole rings is 1. The Morgan fingerprint density at radius 2 is 2.06 bits per heavy atom. The molecule has 0 saturated heterocycles. The number of ether oxygens (including phenoxy) is 2. The van der Waals surface area contributed by atoms with E-state index in [9.17, 15) is 9.59 Å². The van der Waals surface area contributed by atoms with Gasteiger partial charge in [0.15, 0.2) is 5.13 Å². The third-order valence-electron chi connectivity index (χ3n) is 5.13. The van der Waals surface area contributed by atoms with Gasteiger partial charge < -0.3 is 9.47 Å². The van der Waals surface area contributed by atoms with Crippen LogP contribution < -0.4 is 9.64 Å². The van der Waals surface area contributed by atoms with Crippen LogP contribution in [0.4, 0.5) is 5.13 Å². The normalized spacial score (nSPS) is 13.2. The van der Waals surface area contributed by atoms with Crippen molar-refractivity contribution in [3.8, 4) is 17.0 Å². The highest BCUT2D eigenvalue weighted by molar-refractivity contribution is 7.17. The van der Waals surface area contributed by atoms with Crippen LogP contribution >= 0.6 is 11.3 Å². The first-order valence-corrected chi connectivity index (χ1v) is 10.9. The monoisotopic (exact) mass is 440 g/mol. The van der Waals surface area contributed by atoms with Gasteiger partial charge in [0, 0.05) is 30.4 Å². The maximum atomic E-state index is 13.6. The van der Waals surface area contributed by atoms with E-state index in [1.54, 1.807) is 48.9 Å². The summed E-state index contributed by atoms with van der Waals surface area (Å²) in [6, 6.07) is 7.32. The lowest BCUT2D eigenvalue weighted by Crippen LogP contribution is -2.33. The summed E-state index contributed by atoms with van der Waals surface area (Å²) < 4.78 is 12.4. The Morgan fingerprint density at radius 3 is 2.68 bits per heavy atom. The molecule has 1 aliphatic carbocycles. The first-order valence-electron chi connectivity index (χ1n) is 10.1. The molecule has 2 heterocycles. The Kier molecular flexibility index (Phi) is 5.77. The molecule has 0 atom stereocenters. The molecule has 2 aromatic heterocycles. The molecule has 1 saturated carbocycles. The number of aryl methyl sites for hydroxylation is 2. The van der Waals surface area contributed by atoms with Crippen molar-refractivity contribution in [3.63, 3.8) is 0 Å². The van der Waals surface area contributed by atoms with E-state index >= 15 is 0 Å². The second kappa shape index (κ2) is 8.50.